The number of carbonyl (C=O) groups excluding carboxylic acids is 1. The van der Waals surface area contributed by atoms with Crippen molar-refractivity contribution in [2.45, 2.75) is 49.5 Å². The molecule has 2 N–H and O–H groups in total. The highest BCUT2D eigenvalue weighted by Crippen LogP contribution is 2.36. The first-order valence-electron chi connectivity index (χ1n) is 7.86. The van der Waals surface area contributed by atoms with Crippen molar-refractivity contribution >= 4 is 18.4 Å². The molecule has 5 nitrogen and oxygen atoms in total. The number of aliphatic hydroxyl groups excluding tert-OH is 2. The van der Waals surface area contributed by atoms with Crippen molar-refractivity contribution in [3.8, 4) is 0 Å². The molecule has 6 heteroatoms. The van der Waals surface area contributed by atoms with Gasteiger partial charge < -0.3 is 14.9 Å². The third-order valence-electron chi connectivity index (χ3n) is 5.05. The van der Waals surface area contributed by atoms with Crippen molar-refractivity contribution in [1.29, 1.82) is 0 Å². The van der Waals surface area contributed by atoms with Crippen LogP contribution in [0, 0.1) is 0 Å². The number of fused-ring (bicyclic) bond motifs is 2. The van der Waals surface area contributed by atoms with E-state index in [0.717, 1.165) is 18.4 Å². The van der Waals surface area contributed by atoms with Crippen LogP contribution in [0.3, 0.4) is 0 Å². The van der Waals surface area contributed by atoms with Crippen LogP contribution in [0.2, 0.25) is 0 Å². The largest absolute Gasteiger partial charge is 0.462 e. The Balaban J connectivity index is 0.00000192. The van der Waals surface area contributed by atoms with Gasteiger partial charge in [0.1, 0.15) is 12.0 Å². The summed E-state index contributed by atoms with van der Waals surface area (Å²) in [5.41, 5.74) is 0.769. The van der Waals surface area contributed by atoms with Gasteiger partial charge in [-0.3, -0.25) is 9.69 Å². The summed E-state index contributed by atoms with van der Waals surface area (Å²) in [7, 11) is 2.02. The molecule has 0 amide bonds. The van der Waals surface area contributed by atoms with Gasteiger partial charge in [-0.15, -0.1) is 12.4 Å². The minimum Gasteiger partial charge on any atom is -0.462 e. The van der Waals surface area contributed by atoms with E-state index in [9.17, 15) is 15.0 Å². The van der Waals surface area contributed by atoms with Crippen LogP contribution in [0.5, 0.6) is 0 Å². The van der Waals surface area contributed by atoms with E-state index in [-0.39, 0.29) is 49.3 Å². The fourth-order valence-corrected chi connectivity index (χ4v) is 3.74. The van der Waals surface area contributed by atoms with E-state index in [4.69, 9.17) is 4.74 Å². The Morgan fingerprint density at radius 3 is 2.61 bits per heavy atom. The fraction of sp³-hybridized carbons (Fsp3) is 0.588. The summed E-state index contributed by atoms with van der Waals surface area (Å²) >= 11 is 0. The Kier molecular flexibility index (Phi) is 6.03. The molecular weight excluding hydrogens is 318 g/mol. The highest BCUT2D eigenvalue weighted by molar-refractivity contribution is 5.85. The third kappa shape index (κ3) is 3.69. The van der Waals surface area contributed by atoms with Crippen LogP contribution in [0.1, 0.15) is 30.7 Å². The second-order valence-corrected chi connectivity index (χ2v) is 6.37. The number of rotatable bonds is 4. The second-order valence-electron chi connectivity index (χ2n) is 6.37. The fourth-order valence-electron chi connectivity index (χ4n) is 3.74. The van der Waals surface area contributed by atoms with Gasteiger partial charge >= 0.3 is 5.97 Å². The normalized spacial score (nSPS) is 31.3. The van der Waals surface area contributed by atoms with Crippen LogP contribution < -0.4 is 0 Å². The lowest BCUT2D eigenvalue weighted by molar-refractivity contribution is -0.155. The topological polar surface area (TPSA) is 70.0 Å². The summed E-state index contributed by atoms with van der Waals surface area (Å²) < 4.78 is 5.64. The van der Waals surface area contributed by atoms with Gasteiger partial charge in [0, 0.05) is 24.9 Å². The number of carbonyl (C=O) groups is 1. The standard InChI is InChI=1S/C17H23NO4.ClH/c1-18-12-7-13(9-15(18)16(20)8-12)22-17(21)14(10-19)11-5-3-2-4-6-11;/h2-6,12-16,19-20H,7-10H2,1H3;1H/t12-,13?,14+,15+,16-;/m0./s1. The van der Waals surface area contributed by atoms with Crippen LogP contribution in [0.15, 0.2) is 30.3 Å². The minimum absolute atomic E-state index is 0. The number of likely N-dealkylation sites (N-methyl/N-ethyl adjacent to an activating group) is 1. The molecule has 0 saturated carbocycles. The van der Waals surface area contributed by atoms with E-state index in [1.54, 1.807) is 0 Å². The van der Waals surface area contributed by atoms with Gasteiger partial charge in [-0.2, -0.15) is 0 Å². The predicted octanol–water partition coefficient (Wildman–Crippen LogP) is 1.32. The average molecular weight is 342 g/mol. The molecule has 2 bridgehead atoms. The van der Waals surface area contributed by atoms with Crippen molar-refractivity contribution in [1.82, 2.24) is 4.90 Å². The van der Waals surface area contributed by atoms with Crippen molar-refractivity contribution in [2.24, 2.45) is 0 Å². The summed E-state index contributed by atoms with van der Waals surface area (Å²) in [6.45, 7) is -0.259. The number of aliphatic hydroxyl groups is 2. The van der Waals surface area contributed by atoms with Gasteiger partial charge in [0.2, 0.25) is 0 Å². The molecule has 0 aromatic heterocycles. The lowest BCUT2D eigenvalue weighted by atomic mass is 9.98. The Bertz CT molecular complexity index is 527. The monoisotopic (exact) mass is 341 g/mol. The van der Waals surface area contributed by atoms with Crippen LogP contribution in [-0.4, -0.2) is 59.0 Å². The molecule has 2 aliphatic rings. The predicted molar refractivity (Wildman–Crippen MR) is 88.6 cm³/mol. The van der Waals surface area contributed by atoms with E-state index in [2.05, 4.69) is 4.90 Å². The minimum atomic E-state index is -0.636. The number of esters is 1. The zero-order valence-corrected chi connectivity index (χ0v) is 14.0. The molecule has 1 unspecified atom stereocenters. The Hall–Kier alpha value is -1.14. The highest BCUT2D eigenvalue weighted by Gasteiger charge is 2.45. The second kappa shape index (κ2) is 7.62. The molecule has 0 radical (unpaired) electrons. The van der Waals surface area contributed by atoms with Crippen LogP contribution in [0.4, 0.5) is 0 Å². The SMILES string of the molecule is CN1[C@H]2CC(OC(=O)[C@H](CO)c3ccccc3)C[C@@H]1[C@@H](O)C2.Cl. The maximum absolute atomic E-state index is 12.4. The molecule has 128 valence electrons. The zero-order chi connectivity index (χ0) is 15.7. The lowest BCUT2D eigenvalue weighted by Crippen LogP contribution is -2.45. The van der Waals surface area contributed by atoms with Crippen LogP contribution in [0.25, 0.3) is 0 Å². The molecule has 23 heavy (non-hydrogen) atoms. The van der Waals surface area contributed by atoms with E-state index < -0.39 is 5.92 Å². The average Bonchev–Trinajstić information content (AvgIpc) is 2.68. The summed E-state index contributed by atoms with van der Waals surface area (Å²) in [6.07, 6.45) is 1.66. The third-order valence-corrected chi connectivity index (χ3v) is 5.05. The Labute approximate surface area is 142 Å². The first-order chi connectivity index (χ1) is 10.6. The molecule has 5 atom stereocenters. The molecule has 3 rings (SSSR count). The molecule has 2 fully saturated rings. The molecule has 1 aromatic carbocycles. The van der Waals surface area contributed by atoms with E-state index in [1.165, 1.54) is 0 Å². The maximum atomic E-state index is 12.4. The van der Waals surface area contributed by atoms with Gasteiger partial charge in [0.15, 0.2) is 0 Å². The number of ether oxygens (including phenoxy) is 1. The number of hydrogen-bond acceptors (Lipinski definition) is 5. The van der Waals surface area contributed by atoms with Gasteiger partial charge in [-0.05, 0) is 19.0 Å². The van der Waals surface area contributed by atoms with Gasteiger partial charge in [0.05, 0.1) is 12.7 Å². The molecule has 0 aliphatic carbocycles. The van der Waals surface area contributed by atoms with Gasteiger partial charge in [0.25, 0.3) is 0 Å². The first kappa shape index (κ1) is 18.2. The molecule has 2 aliphatic heterocycles. The molecular formula is C17H24ClNO4. The summed E-state index contributed by atoms with van der Waals surface area (Å²) in [5, 5.41) is 19.6. The number of hydrogen-bond donors (Lipinski definition) is 2. The lowest BCUT2D eigenvalue weighted by Gasteiger charge is -2.36. The van der Waals surface area contributed by atoms with E-state index in [1.807, 2.05) is 37.4 Å². The van der Waals surface area contributed by atoms with Crippen LogP contribution in [-0.2, 0) is 9.53 Å². The maximum Gasteiger partial charge on any atom is 0.316 e. The first-order valence-corrected chi connectivity index (χ1v) is 7.86. The van der Waals surface area contributed by atoms with E-state index in [0.29, 0.717) is 6.42 Å². The smallest absolute Gasteiger partial charge is 0.316 e. The van der Waals surface area contributed by atoms with Gasteiger partial charge in [-0.25, -0.2) is 0 Å². The Morgan fingerprint density at radius 2 is 2.00 bits per heavy atom. The van der Waals surface area contributed by atoms with E-state index >= 15 is 0 Å². The molecule has 2 saturated heterocycles. The molecule has 1 aromatic rings. The summed E-state index contributed by atoms with van der Waals surface area (Å²) in [5.74, 6) is -1.01. The Morgan fingerprint density at radius 1 is 1.30 bits per heavy atom. The van der Waals surface area contributed by atoms with Gasteiger partial charge in [-0.1, -0.05) is 30.3 Å². The molecule has 0 spiro atoms. The summed E-state index contributed by atoms with van der Waals surface area (Å²) in [4.78, 5) is 14.6. The molecule has 2 heterocycles. The van der Waals surface area contributed by atoms with Crippen LogP contribution >= 0.6 is 12.4 Å². The number of benzene rings is 1. The van der Waals surface area contributed by atoms with Crippen molar-refractivity contribution in [2.75, 3.05) is 13.7 Å². The number of piperidine rings is 1. The number of halogens is 1. The number of nitrogens with zero attached hydrogens (tertiary/aromatic N) is 1. The highest BCUT2D eigenvalue weighted by atomic mass is 35.5. The quantitative estimate of drug-likeness (QED) is 0.808. The van der Waals surface area contributed by atoms with Crippen molar-refractivity contribution in [3.63, 3.8) is 0 Å². The van der Waals surface area contributed by atoms with Crippen molar-refractivity contribution < 1.29 is 19.7 Å². The zero-order valence-electron chi connectivity index (χ0n) is 13.2. The summed E-state index contributed by atoms with van der Waals surface area (Å²) in [6, 6.07) is 9.56. The van der Waals surface area contributed by atoms with Crippen molar-refractivity contribution in [3.05, 3.63) is 35.9 Å².